The fraction of sp³-hybridized carbons (Fsp3) is 0.229. The van der Waals surface area contributed by atoms with Crippen molar-refractivity contribution in [3.63, 3.8) is 0 Å². The third-order valence-corrected chi connectivity index (χ3v) is 7.17. The lowest BCUT2D eigenvalue weighted by Crippen LogP contribution is -2.10. The molecule has 5 heteroatoms. The van der Waals surface area contributed by atoms with Crippen molar-refractivity contribution in [2.24, 2.45) is 0 Å². The number of likely N-dealkylation sites (N-methyl/N-ethyl adjacent to an activating group) is 1. The second kappa shape index (κ2) is 13.1. The van der Waals surface area contributed by atoms with E-state index in [1.165, 1.54) is 5.57 Å². The van der Waals surface area contributed by atoms with Crippen LogP contribution in [0.2, 0.25) is 0 Å². The first-order valence-corrected chi connectivity index (χ1v) is 13.9. The molecular weight excluding hydrogens is 492 g/mol. The molecule has 2 N–H and O–H groups in total. The summed E-state index contributed by atoms with van der Waals surface area (Å²) in [6.07, 6.45) is 34.0. The third kappa shape index (κ3) is 6.80. The van der Waals surface area contributed by atoms with Crippen LogP contribution in [-0.2, 0) is 4.74 Å². The van der Waals surface area contributed by atoms with Gasteiger partial charge in [-0.25, -0.2) is 4.98 Å². The molecule has 1 aromatic heterocycles. The van der Waals surface area contributed by atoms with Gasteiger partial charge in [0, 0.05) is 51.0 Å². The predicted molar refractivity (Wildman–Crippen MR) is 170 cm³/mol. The Balaban J connectivity index is 0.00000387. The number of imidazole rings is 1. The van der Waals surface area contributed by atoms with Crippen LogP contribution in [0.4, 0.5) is 5.69 Å². The molecule has 2 unspecified atom stereocenters. The summed E-state index contributed by atoms with van der Waals surface area (Å²) in [5.41, 5.74) is 7.68. The number of ether oxygens (including phenoxy) is 1. The Morgan fingerprint density at radius 1 is 1.02 bits per heavy atom. The van der Waals surface area contributed by atoms with Crippen molar-refractivity contribution in [1.29, 1.82) is 0 Å². The summed E-state index contributed by atoms with van der Waals surface area (Å²) < 4.78 is 5.93. The predicted octanol–water partition coefficient (Wildman–Crippen LogP) is 7.43. The highest BCUT2D eigenvalue weighted by atomic mass is 16.5. The van der Waals surface area contributed by atoms with Crippen molar-refractivity contribution in [3.05, 3.63) is 138 Å². The highest BCUT2D eigenvalue weighted by Crippen LogP contribution is 2.33. The number of aromatic amines is 1. The Morgan fingerprint density at radius 2 is 1.90 bits per heavy atom. The highest BCUT2D eigenvalue weighted by Gasteiger charge is 2.20. The largest absolute Gasteiger partial charge is 0.388 e. The molecule has 2 atom stereocenters. The van der Waals surface area contributed by atoms with Gasteiger partial charge in [0.2, 0.25) is 0 Å². The molecule has 0 spiro atoms. The van der Waals surface area contributed by atoms with Crippen LogP contribution in [0.5, 0.6) is 0 Å². The number of hydrogen-bond donors (Lipinski definition) is 2. The smallest absolute Gasteiger partial charge is 0.138 e. The number of rotatable bonds is 9. The molecule has 1 heterocycles. The molecule has 5 nitrogen and oxygen atoms in total. The van der Waals surface area contributed by atoms with Gasteiger partial charge in [0.05, 0.1) is 24.1 Å². The standard InChI is InChI=1S/C35H38N4O.H2/c1-36-30-14-8-12-27(19-22-30)33-34(28-20-23-31(24-21-28)39(2)3)38-35(37-33)29-13-7-10-26(17-18-29)11-9-25-40-32-15-5-4-6-16-32;/h4-9,11-15,17-24,27,32,36H,10,16,25H2,1-3H3,(H,37,38);1H/b11-9+;. The fourth-order valence-corrected chi connectivity index (χ4v) is 4.85. The zero-order chi connectivity index (χ0) is 27.7. The number of anilines is 1. The molecule has 40 heavy (non-hydrogen) atoms. The SMILES string of the molecule is CNC1=CC=CC(c2[nH]c(C3=CC=C(/C=C/COC4C=CC=CC4)CC=C3)nc2-c2ccc(N(C)C)cc2)C=C1.[HH]. The Labute approximate surface area is 239 Å². The van der Waals surface area contributed by atoms with Crippen molar-refractivity contribution >= 4 is 11.3 Å². The van der Waals surface area contributed by atoms with Gasteiger partial charge in [-0.05, 0) is 42.7 Å². The number of hydrogen-bond acceptors (Lipinski definition) is 4. The molecular formula is C35H40N4O. The van der Waals surface area contributed by atoms with E-state index in [9.17, 15) is 0 Å². The van der Waals surface area contributed by atoms with Gasteiger partial charge in [0.25, 0.3) is 0 Å². The van der Waals surface area contributed by atoms with E-state index in [2.05, 4.69) is 139 Å². The first-order valence-electron chi connectivity index (χ1n) is 13.9. The summed E-state index contributed by atoms with van der Waals surface area (Å²) in [5.74, 6) is 0.943. The van der Waals surface area contributed by atoms with Gasteiger partial charge >= 0.3 is 0 Å². The minimum Gasteiger partial charge on any atom is -0.388 e. The van der Waals surface area contributed by atoms with Gasteiger partial charge in [0.15, 0.2) is 0 Å². The number of aromatic nitrogens is 2. The van der Waals surface area contributed by atoms with Gasteiger partial charge in [-0.1, -0.05) is 91.1 Å². The number of H-pyrrole nitrogens is 1. The first kappa shape index (κ1) is 27.2. The van der Waals surface area contributed by atoms with E-state index >= 15 is 0 Å². The maximum absolute atomic E-state index is 5.93. The third-order valence-electron chi connectivity index (χ3n) is 7.17. The van der Waals surface area contributed by atoms with Crippen molar-refractivity contribution in [3.8, 4) is 11.3 Å². The molecule has 206 valence electrons. The Hall–Kier alpha value is -4.35. The number of allylic oxidation sites excluding steroid dienone is 14. The number of nitrogens with zero attached hydrogens (tertiary/aromatic N) is 2. The normalized spacial score (nSPS) is 20.2. The molecule has 3 aliphatic carbocycles. The molecule has 0 saturated carbocycles. The second-order valence-electron chi connectivity index (χ2n) is 10.2. The van der Waals surface area contributed by atoms with Crippen molar-refractivity contribution in [1.82, 2.24) is 15.3 Å². The first-order chi connectivity index (χ1) is 19.6. The van der Waals surface area contributed by atoms with Gasteiger partial charge in [-0.3, -0.25) is 0 Å². The van der Waals surface area contributed by atoms with Crippen molar-refractivity contribution in [2.45, 2.75) is 24.9 Å². The maximum atomic E-state index is 5.93. The van der Waals surface area contributed by atoms with E-state index in [1.54, 1.807) is 0 Å². The van der Waals surface area contributed by atoms with E-state index in [0.717, 1.165) is 52.6 Å². The van der Waals surface area contributed by atoms with E-state index in [4.69, 9.17) is 9.72 Å². The van der Waals surface area contributed by atoms with E-state index in [1.807, 2.05) is 13.1 Å². The molecule has 0 saturated heterocycles. The Kier molecular flexibility index (Phi) is 8.94. The maximum Gasteiger partial charge on any atom is 0.138 e. The number of nitrogens with one attached hydrogen (secondary N) is 2. The van der Waals surface area contributed by atoms with Crippen LogP contribution < -0.4 is 10.2 Å². The lowest BCUT2D eigenvalue weighted by molar-refractivity contribution is 0.111. The summed E-state index contributed by atoms with van der Waals surface area (Å²) in [4.78, 5) is 10.9. The van der Waals surface area contributed by atoms with Gasteiger partial charge in [0.1, 0.15) is 5.82 Å². The Morgan fingerprint density at radius 3 is 2.67 bits per heavy atom. The summed E-state index contributed by atoms with van der Waals surface area (Å²) >= 11 is 0. The van der Waals surface area contributed by atoms with Crippen molar-refractivity contribution < 1.29 is 6.16 Å². The summed E-state index contributed by atoms with van der Waals surface area (Å²) in [7, 11) is 6.05. The van der Waals surface area contributed by atoms with E-state index < -0.39 is 0 Å². The zero-order valence-electron chi connectivity index (χ0n) is 23.5. The van der Waals surface area contributed by atoms with E-state index in [0.29, 0.717) is 6.61 Å². The molecule has 3 aliphatic rings. The average Bonchev–Trinajstić information content (AvgIpc) is 3.13. The second-order valence-corrected chi connectivity index (χ2v) is 10.2. The molecule has 0 aliphatic heterocycles. The number of benzene rings is 1. The van der Waals surface area contributed by atoms with Crippen LogP contribution >= 0.6 is 0 Å². The van der Waals surface area contributed by atoms with Crippen LogP contribution in [-0.4, -0.2) is 43.8 Å². The topological polar surface area (TPSA) is 53.2 Å². The van der Waals surface area contributed by atoms with Crippen LogP contribution in [0.1, 0.15) is 31.7 Å². The monoisotopic (exact) mass is 532 g/mol. The van der Waals surface area contributed by atoms with Crippen LogP contribution in [0, 0.1) is 0 Å². The molecule has 0 bridgehead atoms. The molecule has 0 amide bonds. The summed E-state index contributed by atoms with van der Waals surface area (Å²) in [6, 6.07) is 8.59. The lowest BCUT2D eigenvalue weighted by atomic mass is 9.99. The minimum atomic E-state index is 0. The summed E-state index contributed by atoms with van der Waals surface area (Å²) in [6.45, 7) is 0.602. The lowest BCUT2D eigenvalue weighted by Gasteiger charge is -2.13. The molecule has 0 radical (unpaired) electrons. The van der Waals surface area contributed by atoms with Gasteiger partial charge in [-0.2, -0.15) is 0 Å². The molecule has 2 aromatic rings. The molecule has 0 fully saturated rings. The molecule has 1 aromatic carbocycles. The average molecular weight is 533 g/mol. The highest BCUT2D eigenvalue weighted by molar-refractivity contribution is 5.76. The van der Waals surface area contributed by atoms with Crippen LogP contribution in [0.25, 0.3) is 16.8 Å². The summed E-state index contributed by atoms with van der Waals surface area (Å²) in [5, 5.41) is 3.23. The quantitative estimate of drug-likeness (QED) is 0.353. The van der Waals surface area contributed by atoms with E-state index in [-0.39, 0.29) is 13.4 Å². The minimum absolute atomic E-state index is 0. The van der Waals surface area contributed by atoms with Gasteiger partial charge in [-0.15, -0.1) is 0 Å². The Bertz CT molecular complexity index is 1460. The zero-order valence-corrected chi connectivity index (χ0v) is 23.5. The van der Waals surface area contributed by atoms with Crippen molar-refractivity contribution in [2.75, 3.05) is 32.6 Å². The van der Waals surface area contributed by atoms with Crippen LogP contribution in [0.15, 0.2) is 127 Å². The fourth-order valence-electron chi connectivity index (χ4n) is 4.85. The molecule has 5 rings (SSSR count). The van der Waals surface area contributed by atoms with Crippen LogP contribution in [0.3, 0.4) is 0 Å². The van der Waals surface area contributed by atoms with Gasteiger partial charge < -0.3 is 19.9 Å².